The van der Waals surface area contributed by atoms with Crippen molar-refractivity contribution >= 4 is 5.91 Å². The minimum atomic E-state index is -0.0143. The number of nitrogens with zero attached hydrogens (tertiary/aromatic N) is 4. The van der Waals surface area contributed by atoms with Crippen LogP contribution >= 0.6 is 0 Å². The Morgan fingerprint density at radius 2 is 2.10 bits per heavy atom. The topological polar surface area (TPSA) is 82.6 Å². The van der Waals surface area contributed by atoms with E-state index in [-0.39, 0.29) is 18.1 Å². The van der Waals surface area contributed by atoms with E-state index < -0.39 is 0 Å². The first-order valence-corrected chi connectivity index (χ1v) is 10.5. The maximum absolute atomic E-state index is 12.7. The maximum Gasteiger partial charge on any atom is 0.289 e. The highest BCUT2D eigenvalue weighted by Crippen LogP contribution is 2.43. The first-order valence-electron chi connectivity index (χ1n) is 10.5. The number of likely N-dealkylation sites (tertiary alicyclic amines) is 1. The molecule has 2 aliphatic carbocycles. The highest BCUT2D eigenvalue weighted by molar-refractivity contribution is 5.91. The predicted octanol–water partition coefficient (Wildman–Crippen LogP) is 2.54. The molecule has 8 nitrogen and oxygen atoms in total. The fourth-order valence-electron chi connectivity index (χ4n) is 4.80. The lowest BCUT2D eigenvalue weighted by atomic mass is 9.77. The molecule has 2 aromatic heterocycles. The van der Waals surface area contributed by atoms with Crippen LogP contribution in [-0.4, -0.2) is 58.7 Å². The number of fused-ring (bicyclic) bond motifs is 1. The van der Waals surface area contributed by atoms with Gasteiger partial charge in [-0.2, -0.15) is 0 Å². The minimum absolute atomic E-state index is 0.0143. The summed E-state index contributed by atoms with van der Waals surface area (Å²) in [5, 5.41) is 8.61. The Morgan fingerprint density at radius 1 is 1.28 bits per heavy atom. The lowest BCUT2D eigenvalue weighted by Crippen LogP contribution is -2.38. The van der Waals surface area contributed by atoms with E-state index in [1.807, 2.05) is 15.8 Å². The van der Waals surface area contributed by atoms with Crippen LogP contribution in [0.4, 0.5) is 0 Å². The molecule has 2 saturated carbocycles. The Balaban J connectivity index is 1.31. The number of ether oxygens (including phenoxy) is 2. The first-order chi connectivity index (χ1) is 14.2. The molecule has 3 heterocycles. The Labute approximate surface area is 170 Å². The van der Waals surface area contributed by atoms with Crippen molar-refractivity contribution in [3.63, 3.8) is 0 Å². The van der Waals surface area contributed by atoms with Gasteiger partial charge in [-0.15, -0.1) is 5.10 Å². The van der Waals surface area contributed by atoms with Crippen LogP contribution in [0, 0.1) is 17.8 Å². The summed E-state index contributed by atoms with van der Waals surface area (Å²) in [6.45, 7) is 2.81. The fourth-order valence-corrected chi connectivity index (χ4v) is 4.80. The van der Waals surface area contributed by atoms with Crippen LogP contribution in [0.25, 0.3) is 0 Å². The van der Waals surface area contributed by atoms with Crippen molar-refractivity contribution in [2.24, 2.45) is 17.8 Å². The number of rotatable bonds is 7. The molecule has 3 aliphatic rings. The van der Waals surface area contributed by atoms with Gasteiger partial charge in [-0.3, -0.25) is 4.79 Å². The van der Waals surface area contributed by atoms with Crippen LogP contribution in [0.2, 0.25) is 0 Å². The zero-order valence-corrected chi connectivity index (χ0v) is 16.8. The van der Waals surface area contributed by atoms with Gasteiger partial charge in [-0.05, 0) is 55.6 Å². The molecule has 0 unspecified atom stereocenters. The number of aromatic nitrogens is 3. The van der Waals surface area contributed by atoms with Crippen LogP contribution < -0.4 is 0 Å². The van der Waals surface area contributed by atoms with E-state index in [4.69, 9.17) is 13.9 Å². The van der Waals surface area contributed by atoms with Gasteiger partial charge in [-0.1, -0.05) is 5.21 Å². The van der Waals surface area contributed by atoms with E-state index >= 15 is 0 Å². The van der Waals surface area contributed by atoms with Gasteiger partial charge in [0.05, 0.1) is 31.2 Å². The third-order valence-corrected chi connectivity index (χ3v) is 6.54. The molecule has 0 spiro atoms. The Bertz CT molecular complexity index is 832. The molecular weight excluding hydrogens is 372 g/mol. The molecule has 156 valence electrons. The average Bonchev–Trinajstić information content (AvgIpc) is 3.14. The Kier molecular flexibility index (Phi) is 5.13. The van der Waals surface area contributed by atoms with Gasteiger partial charge >= 0.3 is 0 Å². The van der Waals surface area contributed by atoms with E-state index in [0.717, 1.165) is 38.2 Å². The molecule has 1 aliphatic heterocycles. The van der Waals surface area contributed by atoms with Crippen molar-refractivity contribution < 1.29 is 18.7 Å². The van der Waals surface area contributed by atoms with E-state index in [2.05, 4.69) is 10.3 Å². The molecule has 0 radical (unpaired) electrons. The third kappa shape index (κ3) is 3.96. The van der Waals surface area contributed by atoms with E-state index in [0.29, 0.717) is 30.1 Å². The zero-order valence-electron chi connectivity index (χ0n) is 16.8. The molecule has 4 atom stereocenters. The molecule has 3 fully saturated rings. The lowest BCUT2D eigenvalue weighted by Gasteiger charge is -2.37. The number of methoxy groups -OCH3 is 1. The highest BCUT2D eigenvalue weighted by Gasteiger charge is 2.45. The number of hydrogen-bond donors (Lipinski definition) is 0. The number of hydrogen-bond acceptors (Lipinski definition) is 6. The summed E-state index contributed by atoms with van der Waals surface area (Å²) in [7, 11) is 1.66. The SMILES string of the molecule is COCc1cn([C@@H]2C[C@@H]3CN(C(=O)c4ccco4)C[C@@H]3C[C@H]2OCC2CC2)nn1. The van der Waals surface area contributed by atoms with Gasteiger partial charge in [0.1, 0.15) is 5.69 Å². The molecule has 0 bridgehead atoms. The van der Waals surface area contributed by atoms with Gasteiger partial charge in [0.25, 0.3) is 5.91 Å². The summed E-state index contributed by atoms with van der Waals surface area (Å²) in [5.74, 6) is 2.02. The molecule has 5 rings (SSSR count). The van der Waals surface area contributed by atoms with E-state index in [1.165, 1.54) is 12.8 Å². The highest BCUT2D eigenvalue weighted by atomic mass is 16.5. The van der Waals surface area contributed by atoms with Crippen molar-refractivity contribution in [1.82, 2.24) is 19.9 Å². The van der Waals surface area contributed by atoms with Crippen LogP contribution in [0.15, 0.2) is 29.0 Å². The standard InChI is InChI=1S/C21H28N4O4/c1-27-13-17-11-25(23-22-17)18-7-15-9-24(21(26)19-3-2-6-28-19)10-16(15)8-20(18)29-12-14-4-5-14/h2-3,6,11,14-16,18,20H,4-5,7-10,12-13H2,1H3/t15-,16+,18-,20-/m1/s1. The second-order valence-corrected chi connectivity index (χ2v) is 8.68. The molecule has 1 amide bonds. The smallest absolute Gasteiger partial charge is 0.289 e. The van der Waals surface area contributed by atoms with E-state index in [9.17, 15) is 4.79 Å². The Hall–Kier alpha value is -2.19. The second-order valence-electron chi connectivity index (χ2n) is 8.68. The molecular formula is C21H28N4O4. The summed E-state index contributed by atoms with van der Waals surface area (Å²) >= 11 is 0. The molecule has 0 N–H and O–H groups in total. The van der Waals surface area contributed by atoms with Crippen LogP contribution in [0.3, 0.4) is 0 Å². The van der Waals surface area contributed by atoms with Crippen LogP contribution in [0.1, 0.15) is 48.0 Å². The third-order valence-electron chi connectivity index (χ3n) is 6.54. The van der Waals surface area contributed by atoms with Gasteiger partial charge in [0.15, 0.2) is 5.76 Å². The quantitative estimate of drug-likeness (QED) is 0.710. The summed E-state index contributed by atoms with van der Waals surface area (Å²) in [6.07, 6.45) is 8.07. The summed E-state index contributed by atoms with van der Waals surface area (Å²) in [6, 6.07) is 3.64. The van der Waals surface area contributed by atoms with Gasteiger partial charge in [0, 0.05) is 26.8 Å². The van der Waals surface area contributed by atoms with Crippen molar-refractivity contribution in [1.29, 1.82) is 0 Å². The second kappa shape index (κ2) is 7.91. The molecule has 0 aromatic carbocycles. The fraction of sp³-hybridized carbons (Fsp3) is 0.667. The van der Waals surface area contributed by atoms with Gasteiger partial charge < -0.3 is 18.8 Å². The summed E-state index contributed by atoms with van der Waals surface area (Å²) in [5.41, 5.74) is 0.830. The molecule has 8 heteroatoms. The van der Waals surface area contributed by atoms with Crippen LogP contribution in [-0.2, 0) is 16.1 Å². The summed E-state index contributed by atoms with van der Waals surface area (Å²) in [4.78, 5) is 14.7. The van der Waals surface area contributed by atoms with Crippen molar-refractivity contribution in [2.75, 3.05) is 26.8 Å². The lowest BCUT2D eigenvalue weighted by molar-refractivity contribution is -0.0375. The first kappa shape index (κ1) is 18.8. The van der Waals surface area contributed by atoms with E-state index in [1.54, 1.807) is 25.5 Å². The average molecular weight is 400 g/mol. The van der Waals surface area contributed by atoms with Crippen LogP contribution in [0.5, 0.6) is 0 Å². The molecule has 29 heavy (non-hydrogen) atoms. The summed E-state index contributed by atoms with van der Waals surface area (Å²) < 4.78 is 18.8. The van der Waals surface area contributed by atoms with Crippen molar-refractivity contribution in [3.05, 3.63) is 36.0 Å². The normalized spacial score (nSPS) is 29.2. The van der Waals surface area contributed by atoms with Gasteiger partial charge in [0.2, 0.25) is 0 Å². The molecule has 2 aromatic rings. The number of amides is 1. The van der Waals surface area contributed by atoms with Crippen molar-refractivity contribution in [2.45, 2.75) is 44.4 Å². The van der Waals surface area contributed by atoms with Crippen molar-refractivity contribution in [3.8, 4) is 0 Å². The number of furan rings is 1. The number of carbonyl (C=O) groups is 1. The monoisotopic (exact) mass is 400 g/mol. The Morgan fingerprint density at radius 3 is 2.83 bits per heavy atom. The largest absolute Gasteiger partial charge is 0.459 e. The maximum atomic E-state index is 12.7. The number of carbonyl (C=O) groups excluding carboxylic acids is 1. The zero-order chi connectivity index (χ0) is 19.8. The predicted molar refractivity (Wildman–Crippen MR) is 103 cm³/mol. The minimum Gasteiger partial charge on any atom is -0.459 e. The molecule has 1 saturated heterocycles. The van der Waals surface area contributed by atoms with Gasteiger partial charge in [-0.25, -0.2) is 4.68 Å².